The fourth-order valence-corrected chi connectivity index (χ4v) is 5.27. The van der Waals surface area contributed by atoms with Gasteiger partial charge in [-0.2, -0.15) is 4.98 Å². The second-order valence-electron chi connectivity index (χ2n) is 8.18. The molecule has 36 heavy (non-hydrogen) atoms. The lowest BCUT2D eigenvalue weighted by Gasteiger charge is -2.21. The lowest BCUT2D eigenvalue weighted by Crippen LogP contribution is -2.29. The number of halogens is 1. The molecule has 4 N–H and O–H groups in total. The monoisotopic (exact) mass is 623 g/mol. The molecular weight excluding hydrogens is 593 g/mol. The molecule has 192 valence electrons. The quantitative estimate of drug-likeness (QED) is 0.251. The van der Waals surface area contributed by atoms with Gasteiger partial charge in [0.25, 0.3) is 0 Å². The highest BCUT2D eigenvalue weighted by Crippen LogP contribution is 2.34. The van der Waals surface area contributed by atoms with Crippen LogP contribution in [0.2, 0.25) is 0 Å². The van der Waals surface area contributed by atoms with E-state index in [0.29, 0.717) is 35.9 Å². The molecule has 3 aromatic rings. The topological polar surface area (TPSA) is 121 Å². The van der Waals surface area contributed by atoms with Crippen LogP contribution in [0, 0.1) is 3.57 Å². The Morgan fingerprint density at radius 3 is 2.67 bits per heavy atom. The van der Waals surface area contributed by atoms with Crippen molar-refractivity contribution in [2.75, 3.05) is 49.3 Å². The van der Waals surface area contributed by atoms with Crippen molar-refractivity contribution in [3.63, 3.8) is 0 Å². The van der Waals surface area contributed by atoms with E-state index in [1.54, 1.807) is 24.4 Å². The fraction of sp³-hybridized carbons (Fsp3) is 0.333. The lowest BCUT2D eigenvalue weighted by atomic mass is 10.2. The highest BCUT2D eigenvalue weighted by Gasteiger charge is 2.22. The molecule has 12 heteroatoms. The number of benzene rings is 2. The average Bonchev–Trinajstić information content (AvgIpc) is 3.37. The molecule has 0 bridgehead atoms. The Balaban J connectivity index is 1.59. The van der Waals surface area contributed by atoms with Crippen LogP contribution in [0.1, 0.15) is 13.3 Å². The Morgan fingerprint density at radius 1 is 1.14 bits per heavy atom. The van der Waals surface area contributed by atoms with Gasteiger partial charge in [0, 0.05) is 37.1 Å². The van der Waals surface area contributed by atoms with Crippen molar-refractivity contribution in [1.82, 2.24) is 20.0 Å². The Morgan fingerprint density at radius 2 is 1.94 bits per heavy atom. The molecule has 2 heterocycles. The third-order valence-electron chi connectivity index (χ3n) is 5.92. The van der Waals surface area contributed by atoms with Gasteiger partial charge in [-0.1, -0.05) is 12.1 Å². The van der Waals surface area contributed by atoms with E-state index in [2.05, 4.69) is 64.2 Å². The van der Waals surface area contributed by atoms with Crippen LogP contribution in [0.4, 0.5) is 28.8 Å². The van der Waals surface area contributed by atoms with Crippen LogP contribution in [0.15, 0.2) is 53.6 Å². The molecule has 0 aliphatic carbocycles. The first-order valence-corrected chi connectivity index (χ1v) is 14.2. The Labute approximate surface area is 225 Å². The normalized spacial score (nSPS) is 15.7. The SMILES string of the molecule is CCOc1cc(N2CC[C@H](NC)C2)ccc1Nc1ncc(I)c(Nc2ccccc2S(=O)(=O)NC)n1. The molecule has 2 aromatic carbocycles. The summed E-state index contributed by atoms with van der Waals surface area (Å²) in [6.07, 6.45) is 2.77. The summed E-state index contributed by atoms with van der Waals surface area (Å²) in [5.74, 6) is 1.55. The van der Waals surface area contributed by atoms with Gasteiger partial charge in [-0.3, -0.25) is 0 Å². The molecule has 10 nitrogen and oxygen atoms in total. The summed E-state index contributed by atoms with van der Waals surface area (Å²) < 4.78 is 33.9. The number of nitrogens with one attached hydrogen (secondary N) is 4. The molecule has 1 fully saturated rings. The van der Waals surface area contributed by atoms with E-state index in [9.17, 15) is 8.42 Å². The molecule has 0 saturated carbocycles. The number of sulfonamides is 1. The van der Waals surface area contributed by atoms with Gasteiger partial charge in [-0.15, -0.1) is 0 Å². The third-order valence-corrected chi connectivity index (χ3v) is 8.18. The van der Waals surface area contributed by atoms with Crippen LogP contribution in [-0.2, 0) is 10.0 Å². The van der Waals surface area contributed by atoms with Crippen molar-refractivity contribution in [2.24, 2.45) is 0 Å². The highest BCUT2D eigenvalue weighted by atomic mass is 127. The number of likely N-dealkylation sites (N-methyl/N-ethyl adjacent to an activating group) is 1. The number of ether oxygens (including phenoxy) is 1. The van der Waals surface area contributed by atoms with E-state index in [1.165, 1.54) is 13.1 Å². The zero-order valence-corrected chi connectivity index (χ0v) is 23.4. The van der Waals surface area contributed by atoms with Gasteiger partial charge >= 0.3 is 0 Å². The van der Waals surface area contributed by atoms with Crippen molar-refractivity contribution in [3.8, 4) is 5.75 Å². The van der Waals surface area contributed by atoms with E-state index in [4.69, 9.17) is 4.74 Å². The van der Waals surface area contributed by atoms with Crippen LogP contribution in [0.5, 0.6) is 5.75 Å². The standard InChI is InChI=1S/C24H30IN7O3S/c1-4-35-21-13-17(32-12-11-16(15-32)26-2)9-10-19(21)30-24-28-14-18(25)23(31-24)29-20-7-5-6-8-22(20)36(33,34)27-3/h5-10,13-14,16,26-27H,4,11-12,15H2,1-3H3,(H2,28,29,30,31)/t16-/m0/s1. The minimum Gasteiger partial charge on any atom is -0.492 e. The zero-order valence-electron chi connectivity index (χ0n) is 20.4. The number of hydrogen-bond donors (Lipinski definition) is 4. The second kappa shape index (κ2) is 11.6. The number of hydrogen-bond acceptors (Lipinski definition) is 9. The molecule has 1 saturated heterocycles. The largest absolute Gasteiger partial charge is 0.492 e. The summed E-state index contributed by atoms with van der Waals surface area (Å²) in [5, 5.41) is 9.74. The summed E-state index contributed by atoms with van der Waals surface area (Å²) >= 11 is 2.11. The maximum atomic E-state index is 12.4. The molecule has 1 aromatic heterocycles. The summed E-state index contributed by atoms with van der Waals surface area (Å²) in [4.78, 5) is 11.5. The summed E-state index contributed by atoms with van der Waals surface area (Å²) in [5.41, 5.74) is 2.27. The molecular formula is C24H30IN7O3S. The number of anilines is 5. The molecule has 4 rings (SSSR count). The van der Waals surface area contributed by atoms with E-state index in [-0.39, 0.29) is 4.90 Å². The molecule has 1 aliphatic heterocycles. The van der Waals surface area contributed by atoms with Gasteiger partial charge < -0.3 is 25.6 Å². The molecule has 0 amide bonds. The first-order valence-electron chi connectivity index (χ1n) is 11.6. The number of para-hydroxylation sites is 1. The van der Waals surface area contributed by atoms with Gasteiger partial charge in [-0.05, 0) is 74.3 Å². The van der Waals surface area contributed by atoms with Gasteiger partial charge in [0.05, 0.1) is 21.6 Å². The minimum atomic E-state index is -3.65. The highest BCUT2D eigenvalue weighted by molar-refractivity contribution is 14.1. The summed E-state index contributed by atoms with van der Waals surface area (Å²) in [6, 6.07) is 13.2. The maximum Gasteiger partial charge on any atom is 0.242 e. The predicted molar refractivity (Wildman–Crippen MR) is 151 cm³/mol. The van der Waals surface area contributed by atoms with Crippen molar-refractivity contribution in [3.05, 3.63) is 52.2 Å². The van der Waals surface area contributed by atoms with E-state index >= 15 is 0 Å². The fourth-order valence-electron chi connectivity index (χ4n) is 3.99. The van der Waals surface area contributed by atoms with E-state index < -0.39 is 10.0 Å². The Hall–Kier alpha value is -2.68. The van der Waals surface area contributed by atoms with Crippen LogP contribution in [0.25, 0.3) is 0 Å². The van der Waals surface area contributed by atoms with Gasteiger partial charge in [0.1, 0.15) is 16.5 Å². The Kier molecular flexibility index (Phi) is 8.49. The second-order valence-corrected chi connectivity index (χ2v) is 11.2. The third kappa shape index (κ3) is 5.99. The summed E-state index contributed by atoms with van der Waals surface area (Å²) in [6.45, 7) is 4.41. The van der Waals surface area contributed by atoms with Gasteiger partial charge in [-0.25, -0.2) is 18.1 Å². The van der Waals surface area contributed by atoms with Gasteiger partial charge in [0.2, 0.25) is 16.0 Å². The van der Waals surface area contributed by atoms with Gasteiger partial charge in [0.15, 0.2) is 0 Å². The number of rotatable bonds is 10. The van der Waals surface area contributed by atoms with Crippen LogP contribution in [-0.4, -0.2) is 58.2 Å². The molecule has 0 unspecified atom stereocenters. The van der Waals surface area contributed by atoms with Crippen LogP contribution < -0.4 is 30.3 Å². The molecule has 0 spiro atoms. The number of nitrogens with zero attached hydrogens (tertiary/aromatic N) is 3. The number of aromatic nitrogens is 2. The van der Waals surface area contributed by atoms with Crippen LogP contribution >= 0.6 is 22.6 Å². The summed E-state index contributed by atoms with van der Waals surface area (Å²) in [7, 11) is -0.271. The minimum absolute atomic E-state index is 0.132. The van der Waals surface area contributed by atoms with Crippen LogP contribution in [0.3, 0.4) is 0 Å². The molecule has 1 aliphatic rings. The predicted octanol–water partition coefficient (Wildman–Crippen LogP) is 3.67. The Bertz CT molecular complexity index is 1320. The first-order chi connectivity index (χ1) is 17.3. The lowest BCUT2D eigenvalue weighted by molar-refractivity contribution is 0.342. The first kappa shape index (κ1) is 26.4. The molecule has 0 radical (unpaired) electrons. The van der Waals surface area contributed by atoms with Crippen molar-refractivity contribution < 1.29 is 13.2 Å². The van der Waals surface area contributed by atoms with E-state index in [1.807, 2.05) is 26.1 Å². The van der Waals surface area contributed by atoms with Crippen molar-refractivity contribution in [1.29, 1.82) is 0 Å². The maximum absolute atomic E-state index is 12.4. The zero-order chi connectivity index (χ0) is 25.7. The van der Waals surface area contributed by atoms with Crippen molar-refractivity contribution >= 4 is 61.4 Å². The average molecular weight is 624 g/mol. The molecule has 1 atom stereocenters. The smallest absolute Gasteiger partial charge is 0.242 e. The van der Waals surface area contributed by atoms with E-state index in [0.717, 1.165) is 34.5 Å². The van der Waals surface area contributed by atoms with Crippen molar-refractivity contribution in [2.45, 2.75) is 24.3 Å².